The lowest BCUT2D eigenvalue weighted by atomic mass is 9.97. The van der Waals surface area contributed by atoms with Crippen LogP contribution < -0.4 is 10.6 Å². The van der Waals surface area contributed by atoms with Crippen LogP contribution in [0.1, 0.15) is 40.0 Å². The van der Waals surface area contributed by atoms with Gasteiger partial charge in [0.2, 0.25) is 0 Å². The highest BCUT2D eigenvalue weighted by molar-refractivity contribution is 7.80. The Hall–Kier alpha value is -3.18. The Labute approximate surface area is 176 Å². The first-order valence-electron chi connectivity index (χ1n) is 9.53. The summed E-state index contributed by atoms with van der Waals surface area (Å²) >= 11 is 5.57. The van der Waals surface area contributed by atoms with E-state index in [1.54, 1.807) is 25.1 Å². The molecule has 0 saturated carbocycles. The molecule has 0 heterocycles. The lowest BCUT2D eigenvalue weighted by Gasteiger charge is -2.22. The molecule has 0 aliphatic heterocycles. The summed E-state index contributed by atoms with van der Waals surface area (Å²) in [5.41, 5.74) is 4.64. The van der Waals surface area contributed by atoms with Crippen molar-refractivity contribution in [1.29, 1.82) is 0 Å². The molecule has 5 heteroatoms. The lowest BCUT2D eigenvalue weighted by Crippen LogP contribution is -2.33. The molecule has 0 fully saturated rings. The van der Waals surface area contributed by atoms with Gasteiger partial charge >= 0.3 is 5.97 Å². The van der Waals surface area contributed by atoms with Crippen molar-refractivity contribution in [2.45, 2.75) is 19.9 Å². The quantitative estimate of drug-likeness (QED) is 0.434. The molecule has 0 radical (unpaired) electrons. The van der Waals surface area contributed by atoms with Gasteiger partial charge in [0.25, 0.3) is 0 Å². The van der Waals surface area contributed by atoms with E-state index in [4.69, 9.17) is 17.0 Å². The molecule has 0 saturated heterocycles. The minimum Gasteiger partial charge on any atom is -0.462 e. The first-order valence-corrected chi connectivity index (χ1v) is 9.94. The molecule has 0 spiro atoms. The van der Waals surface area contributed by atoms with Gasteiger partial charge in [-0.2, -0.15) is 0 Å². The number of hydrogen-bond acceptors (Lipinski definition) is 3. The topological polar surface area (TPSA) is 50.4 Å². The molecule has 2 N–H and O–H groups in total. The second-order valence-corrected chi connectivity index (χ2v) is 7.07. The molecule has 4 nitrogen and oxygen atoms in total. The molecule has 0 aliphatic rings. The van der Waals surface area contributed by atoms with Crippen molar-refractivity contribution in [2.24, 2.45) is 0 Å². The molecule has 148 valence electrons. The van der Waals surface area contributed by atoms with Crippen molar-refractivity contribution in [3.8, 4) is 0 Å². The molecule has 0 bridgehead atoms. The third-order valence-corrected chi connectivity index (χ3v) is 4.64. The van der Waals surface area contributed by atoms with E-state index in [1.165, 1.54) is 5.56 Å². The zero-order valence-corrected chi connectivity index (χ0v) is 17.3. The van der Waals surface area contributed by atoms with Crippen LogP contribution in [0.25, 0.3) is 0 Å². The molecular formula is C24H24N2O2S. The zero-order chi connectivity index (χ0) is 20.6. The maximum atomic E-state index is 12.0. The van der Waals surface area contributed by atoms with E-state index in [0.717, 1.165) is 16.8 Å². The Bertz CT molecular complexity index is 989. The molecule has 3 aromatic rings. The molecule has 29 heavy (non-hydrogen) atoms. The summed E-state index contributed by atoms with van der Waals surface area (Å²) < 4.78 is 5.06. The first kappa shape index (κ1) is 20.6. The smallest absolute Gasteiger partial charge is 0.338 e. The summed E-state index contributed by atoms with van der Waals surface area (Å²) in [7, 11) is 0. The Balaban J connectivity index is 1.79. The molecule has 3 rings (SSSR count). The third-order valence-electron chi connectivity index (χ3n) is 4.42. The van der Waals surface area contributed by atoms with Crippen LogP contribution in [0.3, 0.4) is 0 Å². The number of nitrogens with one attached hydrogen (secondary N) is 2. The SMILES string of the molecule is CCOC(=O)c1cccc(NC(=S)N[C@H](c2ccccc2)c2cccc(C)c2)c1. The lowest BCUT2D eigenvalue weighted by molar-refractivity contribution is 0.0526. The Morgan fingerprint density at radius 3 is 2.41 bits per heavy atom. The van der Waals surface area contributed by atoms with E-state index in [0.29, 0.717) is 17.3 Å². The number of carbonyl (C=O) groups excluding carboxylic acids is 1. The maximum Gasteiger partial charge on any atom is 0.338 e. The molecule has 0 amide bonds. The van der Waals surface area contributed by atoms with Crippen LogP contribution in [0.2, 0.25) is 0 Å². The second-order valence-electron chi connectivity index (χ2n) is 6.66. The van der Waals surface area contributed by atoms with Crippen LogP contribution in [0.15, 0.2) is 78.9 Å². The van der Waals surface area contributed by atoms with E-state index >= 15 is 0 Å². The van der Waals surface area contributed by atoms with Crippen LogP contribution in [0, 0.1) is 6.92 Å². The average Bonchev–Trinajstić information content (AvgIpc) is 2.73. The molecule has 1 atom stereocenters. The summed E-state index contributed by atoms with van der Waals surface area (Å²) in [6, 6.07) is 25.5. The first-order chi connectivity index (χ1) is 14.1. The van der Waals surface area contributed by atoms with Gasteiger partial charge in [0, 0.05) is 5.69 Å². The predicted molar refractivity (Wildman–Crippen MR) is 121 cm³/mol. The average molecular weight is 405 g/mol. The minimum absolute atomic E-state index is 0.0932. The molecule has 0 aromatic heterocycles. The van der Waals surface area contributed by atoms with Gasteiger partial charge < -0.3 is 15.4 Å². The van der Waals surface area contributed by atoms with Crippen molar-refractivity contribution in [3.05, 3.63) is 101 Å². The minimum atomic E-state index is -0.350. The number of hydrogen-bond donors (Lipinski definition) is 2. The highest BCUT2D eigenvalue weighted by Gasteiger charge is 2.16. The Morgan fingerprint density at radius 2 is 1.69 bits per heavy atom. The summed E-state index contributed by atoms with van der Waals surface area (Å²) in [6.07, 6.45) is 0. The summed E-state index contributed by atoms with van der Waals surface area (Å²) in [5, 5.41) is 7.05. The fraction of sp³-hybridized carbons (Fsp3) is 0.167. The van der Waals surface area contributed by atoms with E-state index in [-0.39, 0.29) is 12.0 Å². The van der Waals surface area contributed by atoms with Gasteiger partial charge in [-0.25, -0.2) is 4.79 Å². The van der Waals surface area contributed by atoms with Crippen molar-refractivity contribution in [3.63, 3.8) is 0 Å². The van der Waals surface area contributed by atoms with Gasteiger partial charge in [0.05, 0.1) is 18.2 Å². The summed E-state index contributed by atoms with van der Waals surface area (Å²) in [6.45, 7) is 4.20. The highest BCUT2D eigenvalue weighted by atomic mass is 32.1. The van der Waals surface area contributed by atoms with Crippen LogP contribution >= 0.6 is 12.2 Å². The van der Waals surface area contributed by atoms with Gasteiger partial charge in [-0.1, -0.05) is 66.2 Å². The van der Waals surface area contributed by atoms with Crippen LogP contribution in [-0.2, 0) is 4.74 Å². The van der Waals surface area contributed by atoms with Gasteiger partial charge in [-0.15, -0.1) is 0 Å². The van der Waals surface area contributed by atoms with Crippen LogP contribution in [0.5, 0.6) is 0 Å². The standard InChI is InChI=1S/C24H24N2O2S/c1-3-28-23(27)20-13-8-14-21(16-20)25-24(29)26-22(18-10-5-4-6-11-18)19-12-7-9-17(2)15-19/h4-16,22H,3H2,1-2H3,(H2,25,26,29)/t22-/m1/s1. The normalized spacial score (nSPS) is 11.4. The molecular weight excluding hydrogens is 380 g/mol. The zero-order valence-electron chi connectivity index (χ0n) is 16.5. The number of esters is 1. The Kier molecular flexibility index (Phi) is 6.98. The number of ether oxygens (including phenoxy) is 1. The maximum absolute atomic E-state index is 12.0. The van der Waals surface area contributed by atoms with Crippen molar-refractivity contribution in [1.82, 2.24) is 5.32 Å². The van der Waals surface area contributed by atoms with Crippen molar-refractivity contribution >= 4 is 29.0 Å². The highest BCUT2D eigenvalue weighted by Crippen LogP contribution is 2.23. The predicted octanol–water partition coefficient (Wildman–Crippen LogP) is 5.25. The Morgan fingerprint density at radius 1 is 0.966 bits per heavy atom. The van der Waals surface area contributed by atoms with Gasteiger partial charge in [-0.3, -0.25) is 0 Å². The molecule has 3 aromatic carbocycles. The number of rotatable bonds is 6. The van der Waals surface area contributed by atoms with Crippen LogP contribution in [0.4, 0.5) is 5.69 Å². The fourth-order valence-electron chi connectivity index (χ4n) is 3.09. The van der Waals surface area contributed by atoms with E-state index in [2.05, 4.69) is 47.9 Å². The number of benzene rings is 3. The number of anilines is 1. The molecule has 0 aliphatic carbocycles. The van der Waals surface area contributed by atoms with Gasteiger partial charge in [0.15, 0.2) is 5.11 Å². The van der Waals surface area contributed by atoms with E-state index < -0.39 is 0 Å². The molecule has 0 unspecified atom stereocenters. The second kappa shape index (κ2) is 9.85. The summed E-state index contributed by atoms with van der Waals surface area (Å²) in [4.78, 5) is 12.0. The summed E-state index contributed by atoms with van der Waals surface area (Å²) in [5.74, 6) is -0.350. The monoisotopic (exact) mass is 404 g/mol. The number of carbonyl (C=O) groups is 1. The van der Waals surface area contributed by atoms with E-state index in [1.807, 2.05) is 30.3 Å². The van der Waals surface area contributed by atoms with Crippen LogP contribution in [-0.4, -0.2) is 17.7 Å². The third kappa shape index (κ3) is 5.65. The number of aryl methyl sites for hydroxylation is 1. The largest absolute Gasteiger partial charge is 0.462 e. The number of thiocarbonyl (C=S) groups is 1. The van der Waals surface area contributed by atoms with Crippen molar-refractivity contribution < 1.29 is 9.53 Å². The van der Waals surface area contributed by atoms with Gasteiger partial charge in [-0.05, 0) is 55.4 Å². The van der Waals surface area contributed by atoms with Gasteiger partial charge in [0.1, 0.15) is 0 Å². The van der Waals surface area contributed by atoms with Crippen molar-refractivity contribution in [2.75, 3.05) is 11.9 Å². The van der Waals surface area contributed by atoms with E-state index in [9.17, 15) is 4.79 Å². The fourth-order valence-corrected chi connectivity index (χ4v) is 3.33.